The average Bonchev–Trinajstić information content (AvgIpc) is 3.10. The zero-order chi connectivity index (χ0) is 18.8. The summed E-state index contributed by atoms with van der Waals surface area (Å²) in [7, 11) is 0. The van der Waals surface area contributed by atoms with Gasteiger partial charge in [-0.1, -0.05) is 36.4 Å². The van der Waals surface area contributed by atoms with Gasteiger partial charge in [0, 0.05) is 17.5 Å². The van der Waals surface area contributed by atoms with E-state index >= 15 is 0 Å². The van der Waals surface area contributed by atoms with Crippen LogP contribution in [0, 0.1) is 6.92 Å². The second-order valence-electron chi connectivity index (χ2n) is 6.53. The van der Waals surface area contributed by atoms with Gasteiger partial charge < -0.3 is 9.47 Å². The summed E-state index contributed by atoms with van der Waals surface area (Å²) in [5.41, 5.74) is 2.50. The molecule has 2 heterocycles. The Morgan fingerprint density at radius 2 is 1.81 bits per heavy atom. The Balaban J connectivity index is 1.43. The number of para-hydroxylation sites is 2. The fraction of sp³-hybridized carbons (Fsp3) is 0.238. The number of carbonyl (C=O) groups excluding carboxylic acids is 1. The first-order valence-corrected chi connectivity index (χ1v) is 9.64. The van der Waals surface area contributed by atoms with E-state index in [9.17, 15) is 4.79 Å². The summed E-state index contributed by atoms with van der Waals surface area (Å²) in [6, 6.07) is 15.6. The predicted octanol–water partition coefficient (Wildman–Crippen LogP) is 4.21. The summed E-state index contributed by atoms with van der Waals surface area (Å²) in [5.74, 6) is 0.979. The monoisotopic (exact) mass is 380 g/mol. The molecule has 0 radical (unpaired) electrons. The molecular formula is C21H20N2O3S. The number of aryl methyl sites for hydroxylation is 1. The number of rotatable bonds is 4. The van der Waals surface area contributed by atoms with Gasteiger partial charge in [0.2, 0.25) is 6.10 Å². The smallest absolute Gasteiger partial charge is 0.271 e. The molecule has 0 saturated heterocycles. The molecule has 1 amide bonds. The molecule has 1 aromatic heterocycles. The Morgan fingerprint density at radius 3 is 2.59 bits per heavy atom. The summed E-state index contributed by atoms with van der Waals surface area (Å²) < 4.78 is 11.6. The molecule has 1 aliphatic rings. The highest BCUT2D eigenvalue weighted by Crippen LogP contribution is 2.34. The van der Waals surface area contributed by atoms with Crippen molar-refractivity contribution in [2.45, 2.75) is 32.5 Å². The molecule has 138 valence electrons. The minimum Gasteiger partial charge on any atom is -0.482 e. The fourth-order valence-electron chi connectivity index (χ4n) is 3.03. The maximum absolute atomic E-state index is 12.7. The molecule has 5 nitrogen and oxygen atoms in total. The van der Waals surface area contributed by atoms with Crippen LogP contribution in [0.25, 0.3) is 0 Å². The third-order valence-corrected chi connectivity index (χ3v) is 5.42. The van der Waals surface area contributed by atoms with Crippen LogP contribution in [0.4, 0.5) is 5.13 Å². The summed E-state index contributed by atoms with van der Waals surface area (Å²) in [6.45, 7) is 3.92. The van der Waals surface area contributed by atoms with Gasteiger partial charge in [0.25, 0.3) is 5.91 Å². The minimum absolute atomic E-state index is 0.256. The third-order valence-electron chi connectivity index (χ3n) is 4.51. The van der Waals surface area contributed by atoms with Crippen molar-refractivity contribution in [2.75, 3.05) is 5.32 Å². The van der Waals surface area contributed by atoms with Crippen LogP contribution in [-0.2, 0) is 11.2 Å². The quantitative estimate of drug-likeness (QED) is 0.737. The highest BCUT2D eigenvalue weighted by atomic mass is 32.1. The number of nitrogens with one attached hydrogen (secondary N) is 1. The van der Waals surface area contributed by atoms with Crippen LogP contribution >= 0.6 is 11.3 Å². The standard InChI is InChI=1S/C21H20N2O3S/c1-13-7-3-4-8-15(13)11-16-12-22-21(27-16)23-20(24)19-14(2)25-17-9-5-6-10-18(17)26-19/h3-10,12,14,19H,11H2,1-2H3,(H,22,23,24)/t14-,19-/m1/s1. The number of thiazole rings is 1. The van der Waals surface area contributed by atoms with Crippen molar-refractivity contribution in [2.24, 2.45) is 0 Å². The number of anilines is 1. The number of fused-ring (bicyclic) bond motifs is 1. The van der Waals surface area contributed by atoms with E-state index in [-0.39, 0.29) is 12.0 Å². The lowest BCUT2D eigenvalue weighted by Crippen LogP contribution is -2.46. The van der Waals surface area contributed by atoms with Crippen LogP contribution in [0.1, 0.15) is 22.9 Å². The van der Waals surface area contributed by atoms with E-state index < -0.39 is 6.10 Å². The van der Waals surface area contributed by atoms with Gasteiger partial charge in [0.05, 0.1) is 0 Å². The second kappa shape index (κ2) is 7.40. The van der Waals surface area contributed by atoms with Crippen molar-refractivity contribution in [3.63, 3.8) is 0 Å². The molecule has 3 aromatic rings. The van der Waals surface area contributed by atoms with Crippen LogP contribution in [0.15, 0.2) is 54.7 Å². The number of amides is 1. The van der Waals surface area contributed by atoms with Crippen molar-refractivity contribution < 1.29 is 14.3 Å². The van der Waals surface area contributed by atoms with E-state index in [4.69, 9.17) is 9.47 Å². The van der Waals surface area contributed by atoms with E-state index in [0.29, 0.717) is 16.6 Å². The summed E-state index contributed by atoms with van der Waals surface area (Å²) in [4.78, 5) is 18.1. The number of ether oxygens (including phenoxy) is 2. The summed E-state index contributed by atoms with van der Waals surface area (Å²) in [5, 5.41) is 3.42. The van der Waals surface area contributed by atoms with Gasteiger partial charge in [0.1, 0.15) is 6.10 Å². The molecule has 0 fully saturated rings. The van der Waals surface area contributed by atoms with E-state index in [0.717, 1.165) is 11.3 Å². The molecule has 6 heteroatoms. The van der Waals surface area contributed by atoms with Gasteiger partial charge in [-0.2, -0.15) is 0 Å². The number of nitrogens with zero attached hydrogens (tertiary/aromatic N) is 1. The molecule has 4 rings (SSSR count). The van der Waals surface area contributed by atoms with Gasteiger partial charge in [-0.25, -0.2) is 4.98 Å². The van der Waals surface area contributed by atoms with Crippen molar-refractivity contribution >= 4 is 22.4 Å². The Kier molecular flexibility index (Phi) is 4.81. The van der Waals surface area contributed by atoms with E-state index in [1.54, 1.807) is 6.07 Å². The van der Waals surface area contributed by atoms with Crippen molar-refractivity contribution in [1.82, 2.24) is 4.98 Å². The minimum atomic E-state index is -0.719. The normalized spacial score (nSPS) is 18.1. The SMILES string of the molecule is Cc1ccccc1Cc1cnc(NC(=O)[C@@H]2Oc3ccccc3O[C@@H]2C)s1. The highest BCUT2D eigenvalue weighted by Gasteiger charge is 2.34. The molecule has 0 saturated carbocycles. The molecule has 2 atom stereocenters. The van der Waals surface area contributed by atoms with E-state index in [1.165, 1.54) is 22.5 Å². The van der Waals surface area contributed by atoms with Gasteiger partial charge >= 0.3 is 0 Å². The fourth-order valence-corrected chi connectivity index (χ4v) is 3.86. The van der Waals surface area contributed by atoms with E-state index in [1.807, 2.05) is 43.5 Å². The molecule has 2 aromatic carbocycles. The van der Waals surface area contributed by atoms with Crippen LogP contribution in [0.2, 0.25) is 0 Å². The first-order chi connectivity index (χ1) is 13.1. The number of hydrogen-bond donors (Lipinski definition) is 1. The van der Waals surface area contributed by atoms with E-state index in [2.05, 4.69) is 29.4 Å². The predicted molar refractivity (Wildman–Crippen MR) is 106 cm³/mol. The lowest BCUT2D eigenvalue weighted by molar-refractivity contribution is -0.128. The molecule has 1 N–H and O–H groups in total. The van der Waals surface area contributed by atoms with Crippen LogP contribution < -0.4 is 14.8 Å². The number of benzene rings is 2. The van der Waals surface area contributed by atoms with Crippen LogP contribution in [-0.4, -0.2) is 23.1 Å². The van der Waals surface area contributed by atoms with Gasteiger partial charge in [-0.05, 0) is 37.1 Å². The zero-order valence-electron chi connectivity index (χ0n) is 15.1. The Morgan fingerprint density at radius 1 is 1.11 bits per heavy atom. The molecule has 0 aliphatic carbocycles. The molecular weight excluding hydrogens is 360 g/mol. The molecule has 27 heavy (non-hydrogen) atoms. The van der Waals surface area contributed by atoms with Crippen molar-refractivity contribution in [1.29, 1.82) is 0 Å². The summed E-state index contributed by atoms with van der Waals surface area (Å²) >= 11 is 1.48. The molecule has 0 unspecified atom stereocenters. The second-order valence-corrected chi connectivity index (χ2v) is 7.65. The molecule has 0 spiro atoms. The highest BCUT2D eigenvalue weighted by molar-refractivity contribution is 7.15. The first-order valence-electron chi connectivity index (χ1n) is 8.82. The zero-order valence-corrected chi connectivity index (χ0v) is 16.0. The Hall–Kier alpha value is -2.86. The summed E-state index contributed by atoms with van der Waals surface area (Å²) in [6.07, 6.45) is 1.51. The van der Waals surface area contributed by atoms with Gasteiger partial charge in [-0.3, -0.25) is 10.1 Å². The number of hydrogen-bond acceptors (Lipinski definition) is 5. The van der Waals surface area contributed by atoms with Crippen molar-refractivity contribution in [3.05, 3.63) is 70.7 Å². The third kappa shape index (κ3) is 3.80. The average molecular weight is 380 g/mol. The van der Waals surface area contributed by atoms with Gasteiger partial charge in [0.15, 0.2) is 16.6 Å². The maximum atomic E-state index is 12.7. The lowest BCUT2D eigenvalue weighted by atomic mass is 10.1. The first kappa shape index (κ1) is 17.5. The molecule has 1 aliphatic heterocycles. The lowest BCUT2D eigenvalue weighted by Gasteiger charge is -2.30. The van der Waals surface area contributed by atoms with Crippen molar-refractivity contribution in [3.8, 4) is 11.5 Å². The van der Waals surface area contributed by atoms with Crippen LogP contribution in [0.3, 0.4) is 0 Å². The topological polar surface area (TPSA) is 60.5 Å². The Bertz CT molecular complexity index is 969. The Labute approximate surface area is 162 Å². The number of carbonyl (C=O) groups is 1. The molecule has 0 bridgehead atoms. The largest absolute Gasteiger partial charge is 0.482 e. The van der Waals surface area contributed by atoms with Crippen LogP contribution in [0.5, 0.6) is 11.5 Å². The number of aromatic nitrogens is 1. The van der Waals surface area contributed by atoms with Gasteiger partial charge in [-0.15, -0.1) is 11.3 Å². The maximum Gasteiger partial charge on any atom is 0.271 e.